The van der Waals surface area contributed by atoms with E-state index in [4.69, 9.17) is 0 Å². The molecule has 0 amide bonds. The first-order valence-electron chi connectivity index (χ1n) is 7.99. The Balaban J connectivity index is 0.00000312. The van der Waals surface area contributed by atoms with Crippen LogP contribution in [-0.4, -0.2) is 84.0 Å². The number of aliphatic carboxylic acids is 2. The molecule has 9 heteroatoms. The molecular formula is C16H22CuN4O4. The van der Waals surface area contributed by atoms with Crippen molar-refractivity contribution in [2.75, 3.05) is 52.4 Å². The van der Waals surface area contributed by atoms with Crippen molar-refractivity contribution in [3.63, 3.8) is 0 Å². The van der Waals surface area contributed by atoms with E-state index in [0.29, 0.717) is 45.8 Å². The molecule has 0 unspecified atom stereocenters. The molecule has 0 aromatic carbocycles. The minimum absolute atomic E-state index is 0. The molecule has 0 N–H and O–H groups in total. The first-order valence-corrected chi connectivity index (χ1v) is 7.99. The van der Waals surface area contributed by atoms with Crippen LogP contribution in [0.1, 0.15) is 5.69 Å². The van der Waals surface area contributed by atoms with Gasteiger partial charge in [0.25, 0.3) is 0 Å². The summed E-state index contributed by atoms with van der Waals surface area (Å²) in [7, 11) is 0. The maximum atomic E-state index is 10.9. The number of carboxylic acids is 2. The second kappa shape index (κ2) is 11.2. The Morgan fingerprint density at radius 3 is 1.76 bits per heavy atom. The summed E-state index contributed by atoms with van der Waals surface area (Å²) in [6, 6.07) is 5.71. The van der Waals surface area contributed by atoms with Crippen LogP contribution in [0.15, 0.2) is 24.4 Å². The van der Waals surface area contributed by atoms with Gasteiger partial charge in [-0.05, 0) is 12.1 Å². The maximum absolute atomic E-state index is 10.9. The fourth-order valence-corrected chi connectivity index (χ4v) is 2.74. The number of rotatable bonds is 6. The van der Waals surface area contributed by atoms with Gasteiger partial charge in [-0.25, -0.2) is 0 Å². The summed E-state index contributed by atoms with van der Waals surface area (Å²) in [6.45, 7) is 3.83. The normalized spacial score (nSPS) is 17.8. The van der Waals surface area contributed by atoms with Crippen LogP contribution >= 0.6 is 0 Å². The van der Waals surface area contributed by atoms with E-state index in [2.05, 4.69) is 9.88 Å². The molecule has 1 radical (unpaired) electrons. The summed E-state index contributed by atoms with van der Waals surface area (Å²) < 4.78 is 0. The average Bonchev–Trinajstić information content (AvgIpc) is 2.61. The van der Waals surface area contributed by atoms with Gasteiger partial charge in [0.2, 0.25) is 0 Å². The molecule has 0 saturated carbocycles. The van der Waals surface area contributed by atoms with E-state index in [9.17, 15) is 19.8 Å². The van der Waals surface area contributed by atoms with Crippen LogP contribution in [0.4, 0.5) is 0 Å². The van der Waals surface area contributed by atoms with Gasteiger partial charge < -0.3 is 19.8 Å². The standard InChI is InChI=1S/C16H24N4O4.Cu/c21-15(22)12-19-7-5-18(11-14-3-1-2-4-17-14)6-8-20(10-9-19)13-16(23)24;/h1-4H,5-13H2,(H,21,22)(H,23,24);/q;+2/p-2. The summed E-state index contributed by atoms with van der Waals surface area (Å²) in [5.74, 6) is -2.26. The molecule has 25 heavy (non-hydrogen) atoms. The van der Waals surface area contributed by atoms with Gasteiger partial charge in [-0.2, -0.15) is 0 Å². The molecule has 141 valence electrons. The third-order valence-corrected chi connectivity index (χ3v) is 4.01. The van der Waals surface area contributed by atoms with Gasteiger partial charge in [-0.15, -0.1) is 0 Å². The van der Waals surface area contributed by atoms with Gasteiger partial charge >= 0.3 is 17.1 Å². The number of nitrogens with zero attached hydrogens (tertiary/aromatic N) is 4. The fourth-order valence-electron chi connectivity index (χ4n) is 2.74. The SMILES string of the molecule is O=C([O-])CN1CCN(CC(=O)[O-])CCN(Cc2ccccn2)CC1.[Cu+2]. The molecular weight excluding hydrogens is 376 g/mol. The zero-order valence-electron chi connectivity index (χ0n) is 13.9. The topological polar surface area (TPSA) is 103 Å². The summed E-state index contributed by atoms with van der Waals surface area (Å²) in [5.41, 5.74) is 0.926. The molecule has 2 rings (SSSR count). The van der Waals surface area contributed by atoms with Crippen molar-refractivity contribution in [3.8, 4) is 0 Å². The van der Waals surface area contributed by atoms with Crippen molar-refractivity contribution in [1.82, 2.24) is 19.7 Å². The van der Waals surface area contributed by atoms with Crippen LogP contribution in [0.2, 0.25) is 0 Å². The molecule has 1 fully saturated rings. The smallest absolute Gasteiger partial charge is 0.549 e. The summed E-state index contributed by atoms with van der Waals surface area (Å²) in [6.07, 6.45) is 1.73. The monoisotopic (exact) mass is 397 g/mol. The average molecular weight is 398 g/mol. The molecule has 2 heterocycles. The number of carboxylic acid groups (broad SMARTS) is 2. The number of aromatic nitrogens is 1. The van der Waals surface area contributed by atoms with E-state index in [1.54, 1.807) is 16.0 Å². The molecule has 1 aromatic rings. The molecule has 8 nitrogen and oxygen atoms in total. The van der Waals surface area contributed by atoms with E-state index < -0.39 is 11.9 Å². The van der Waals surface area contributed by atoms with E-state index in [1.807, 2.05) is 18.2 Å². The number of hydrogen-bond acceptors (Lipinski definition) is 8. The largest absolute Gasteiger partial charge is 2.00 e. The Morgan fingerprint density at radius 2 is 1.36 bits per heavy atom. The summed E-state index contributed by atoms with van der Waals surface area (Å²) >= 11 is 0. The minimum atomic E-state index is -1.13. The van der Waals surface area contributed by atoms with Crippen molar-refractivity contribution in [3.05, 3.63) is 30.1 Å². The van der Waals surface area contributed by atoms with Crippen LogP contribution in [0.5, 0.6) is 0 Å². The van der Waals surface area contributed by atoms with Crippen LogP contribution in [-0.2, 0) is 33.2 Å². The molecule has 0 spiro atoms. The van der Waals surface area contributed by atoms with Gasteiger partial charge in [-0.1, -0.05) is 6.07 Å². The Morgan fingerprint density at radius 1 is 0.880 bits per heavy atom. The van der Waals surface area contributed by atoms with Crippen LogP contribution in [0.25, 0.3) is 0 Å². The van der Waals surface area contributed by atoms with Crippen LogP contribution in [0, 0.1) is 0 Å². The number of carbonyl (C=O) groups is 2. The first-order chi connectivity index (χ1) is 11.5. The van der Waals surface area contributed by atoms with Crippen molar-refractivity contribution < 1.29 is 36.9 Å². The van der Waals surface area contributed by atoms with Gasteiger partial charge in [0.1, 0.15) is 0 Å². The van der Waals surface area contributed by atoms with Crippen molar-refractivity contribution >= 4 is 11.9 Å². The Labute approximate surface area is 157 Å². The third kappa shape index (κ3) is 8.42. The molecule has 1 aromatic heterocycles. The molecule has 1 aliphatic heterocycles. The summed E-state index contributed by atoms with van der Waals surface area (Å²) in [5, 5.41) is 21.8. The number of hydrogen-bond donors (Lipinski definition) is 0. The fraction of sp³-hybridized carbons (Fsp3) is 0.562. The zero-order chi connectivity index (χ0) is 17.4. The minimum Gasteiger partial charge on any atom is -0.549 e. The molecule has 1 saturated heterocycles. The molecule has 0 aliphatic carbocycles. The van der Waals surface area contributed by atoms with Crippen molar-refractivity contribution in [1.29, 1.82) is 0 Å². The van der Waals surface area contributed by atoms with E-state index in [1.165, 1.54) is 0 Å². The van der Waals surface area contributed by atoms with Crippen LogP contribution < -0.4 is 10.2 Å². The van der Waals surface area contributed by atoms with Gasteiger partial charge in [0, 0.05) is 65.1 Å². The Hall–Kier alpha value is -1.51. The van der Waals surface area contributed by atoms with Crippen molar-refractivity contribution in [2.45, 2.75) is 6.54 Å². The predicted octanol–water partition coefficient (Wildman–Crippen LogP) is -3.00. The summed E-state index contributed by atoms with van der Waals surface area (Å²) in [4.78, 5) is 31.8. The molecule has 1 aliphatic rings. The molecule has 0 bridgehead atoms. The van der Waals surface area contributed by atoms with E-state index in [0.717, 1.165) is 5.69 Å². The van der Waals surface area contributed by atoms with E-state index >= 15 is 0 Å². The van der Waals surface area contributed by atoms with Crippen molar-refractivity contribution in [2.24, 2.45) is 0 Å². The molecule has 0 atom stereocenters. The Bertz CT molecular complexity index is 518. The van der Waals surface area contributed by atoms with Gasteiger partial charge in [0.15, 0.2) is 0 Å². The first kappa shape index (κ1) is 21.5. The second-order valence-corrected chi connectivity index (χ2v) is 5.89. The van der Waals surface area contributed by atoms with Gasteiger partial charge in [0.05, 0.1) is 17.6 Å². The van der Waals surface area contributed by atoms with E-state index in [-0.39, 0.29) is 30.2 Å². The quantitative estimate of drug-likeness (QED) is 0.468. The van der Waals surface area contributed by atoms with Crippen LogP contribution in [0.3, 0.4) is 0 Å². The zero-order valence-corrected chi connectivity index (χ0v) is 14.8. The van der Waals surface area contributed by atoms with Gasteiger partial charge in [-0.3, -0.25) is 19.7 Å². The predicted molar refractivity (Wildman–Crippen MR) is 82.4 cm³/mol. The number of carbonyl (C=O) groups excluding carboxylic acids is 2. The second-order valence-electron chi connectivity index (χ2n) is 5.89. The maximum Gasteiger partial charge on any atom is 2.00 e. The third-order valence-electron chi connectivity index (χ3n) is 4.01. The number of pyridine rings is 1. The Kier molecular flexibility index (Phi) is 9.62.